The zero-order valence-electron chi connectivity index (χ0n) is 9.09. The Hall–Kier alpha value is -1.69. The number of rotatable bonds is 3. The average molecular weight is 256 g/mol. The van der Waals surface area contributed by atoms with Gasteiger partial charge in [0.1, 0.15) is 16.9 Å². The first-order chi connectivity index (χ1) is 8.00. The lowest BCUT2D eigenvalue weighted by atomic mass is 10.2. The van der Waals surface area contributed by atoms with Crippen molar-refractivity contribution in [3.8, 4) is 0 Å². The molecule has 1 aromatic heterocycles. The maximum absolute atomic E-state index is 12.0. The van der Waals surface area contributed by atoms with Crippen molar-refractivity contribution in [1.29, 1.82) is 0 Å². The van der Waals surface area contributed by atoms with Gasteiger partial charge < -0.3 is 4.90 Å². The molecule has 0 unspecified atom stereocenters. The summed E-state index contributed by atoms with van der Waals surface area (Å²) >= 11 is 5.66. The Bertz CT molecular complexity index is 488. The smallest absolute Gasteiger partial charge is 0.300 e. The minimum absolute atomic E-state index is 0.00981. The van der Waals surface area contributed by atoms with E-state index in [4.69, 9.17) is 11.6 Å². The standard InChI is InChI=1S/C10H10ClN3O3/c1-13(6-2-3-6)10(15)7-4-9(11)12-5-8(7)14(16)17/h4-6H,2-3H2,1H3. The fraction of sp³-hybridized carbons (Fsp3) is 0.400. The van der Waals surface area contributed by atoms with Gasteiger partial charge in [-0.25, -0.2) is 4.98 Å². The van der Waals surface area contributed by atoms with E-state index < -0.39 is 4.92 Å². The molecule has 6 nitrogen and oxygen atoms in total. The number of amides is 1. The average Bonchev–Trinajstić information content (AvgIpc) is 3.10. The predicted octanol–water partition coefficient (Wildman–Crippen LogP) is 1.88. The van der Waals surface area contributed by atoms with Gasteiger partial charge in [0.2, 0.25) is 0 Å². The van der Waals surface area contributed by atoms with E-state index in [1.807, 2.05) is 0 Å². The van der Waals surface area contributed by atoms with Crippen LogP contribution in [0.15, 0.2) is 12.3 Å². The fourth-order valence-electron chi connectivity index (χ4n) is 1.56. The van der Waals surface area contributed by atoms with Gasteiger partial charge in [0.05, 0.1) is 4.92 Å². The molecule has 1 aliphatic carbocycles. The quantitative estimate of drug-likeness (QED) is 0.469. The van der Waals surface area contributed by atoms with Gasteiger partial charge in [0.25, 0.3) is 11.6 Å². The van der Waals surface area contributed by atoms with Crippen LogP contribution >= 0.6 is 11.6 Å². The molecule has 0 bridgehead atoms. The number of carbonyl (C=O) groups is 1. The van der Waals surface area contributed by atoms with Gasteiger partial charge in [0, 0.05) is 13.1 Å². The van der Waals surface area contributed by atoms with E-state index >= 15 is 0 Å². The number of aromatic nitrogens is 1. The maximum atomic E-state index is 12.0. The van der Waals surface area contributed by atoms with E-state index in [1.54, 1.807) is 7.05 Å². The highest BCUT2D eigenvalue weighted by Gasteiger charge is 2.33. The second kappa shape index (κ2) is 4.29. The van der Waals surface area contributed by atoms with Crippen molar-refractivity contribution in [2.45, 2.75) is 18.9 Å². The molecule has 2 rings (SSSR count). The molecule has 0 aromatic carbocycles. The van der Waals surface area contributed by atoms with Crippen LogP contribution in [0.1, 0.15) is 23.2 Å². The van der Waals surface area contributed by atoms with Gasteiger partial charge in [-0.05, 0) is 18.9 Å². The summed E-state index contributed by atoms with van der Waals surface area (Å²) in [6.07, 6.45) is 2.89. The Labute approximate surface area is 102 Å². The summed E-state index contributed by atoms with van der Waals surface area (Å²) in [6, 6.07) is 1.43. The second-order valence-corrected chi connectivity index (χ2v) is 4.32. The van der Waals surface area contributed by atoms with Crippen LogP contribution < -0.4 is 0 Å². The second-order valence-electron chi connectivity index (χ2n) is 3.93. The molecular weight excluding hydrogens is 246 g/mol. The Morgan fingerprint density at radius 3 is 2.82 bits per heavy atom. The number of hydrogen-bond donors (Lipinski definition) is 0. The van der Waals surface area contributed by atoms with E-state index in [9.17, 15) is 14.9 Å². The molecule has 0 radical (unpaired) electrons. The van der Waals surface area contributed by atoms with Gasteiger partial charge in [-0.15, -0.1) is 0 Å². The SMILES string of the molecule is CN(C(=O)c1cc(Cl)ncc1[N+](=O)[O-])C1CC1. The Morgan fingerprint density at radius 1 is 1.65 bits per heavy atom. The summed E-state index contributed by atoms with van der Waals surface area (Å²) in [6.45, 7) is 0. The van der Waals surface area contributed by atoms with E-state index in [0.717, 1.165) is 19.0 Å². The monoisotopic (exact) mass is 255 g/mol. The number of pyridine rings is 1. The van der Waals surface area contributed by atoms with Crippen LogP contribution in [0.5, 0.6) is 0 Å². The third-order valence-corrected chi connectivity index (χ3v) is 2.90. The first kappa shape index (κ1) is 11.8. The van der Waals surface area contributed by atoms with Crippen molar-refractivity contribution < 1.29 is 9.72 Å². The van der Waals surface area contributed by atoms with E-state index in [-0.39, 0.29) is 28.4 Å². The summed E-state index contributed by atoms with van der Waals surface area (Å²) in [7, 11) is 1.64. The molecule has 0 atom stereocenters. The largest absolute Gasteiger partial charge is 0.339 e. The highest BCUT2D eigenvalue weighted by atomic mass is 35.5. The Balaban J connectivity index is 2.38. The van der Waals surface area contributed by atoms with Crippen LogP contribution in [-0.2, 0) is 0 Å². The summed E-state index contributed by atoms with van der Waals surface area (Å²) < 4.78 is 0. The lowest BCUT2D eigenvalue weighted by Gasteiger charge is -2.15. The van der Waals surface area contributed by atoms with Gasteiger partial charge in [-0.1, -0.05) is 11.6 Å². The van der Waals surface area contributed by atoms with Gasteiger partial charge >= 0.3 is 0 Å². The van der Waals surface area contributed by atoms with Gasteiger partial charge in [-0.2, -0.15) is 0 Å². The van der Waals surface area contributed by atoms with E-state index in [2.05, 4.69) is 4.98 Å². The van der Waals surface area contributed by atoms with E-state index in [0.29, 0.717) is 0 Å². The van der Waals surface area contributed by atoms with Crippen molar-refractivity contribution in [2.24, 2.45) is 0 Å². The third-order valence-electron chi connectivity index (χ3n) is 2.69. The predicted molar refractivity (Wildman–Crippen MR) is 61.0 cm³/mol. The number of hydrogen-bond acceptors (Lipinski definition) is 4. The van der Waals surface area contributed by atoms with Crippen LogP contribution in [0.3, 0.4) is 0 Å². The summed E-state index contributed by atoms with van der Waals surface area (Å²) in [5.74, 6) is -0.386. The maximum Gasteiger partial charge on any atom is 0.300 e. The molecule has 1 saturated carbocycles. The molecule has 7 heteroatoms. The van der Waals surface area contributed by atoms with Crippen molar-refractivity contribution in [3.05, 3.63) is 33.1 Å². The summed E-state index contributed by atoms with van der Waals surface area (Å²) in [5, 5.41) is 10.9. The molecular formula is C10H10ClN3O3. The molecule has 0 aliphatic heterocycles. The Kier molecular flexibility index (Phi) is 2.97. The summed E-state index contributed by atoms with van der Waals surface area (Å²) in [4.78, 5) is 27.3. The first-order valence-electron chi connectivity index (χ1n) is 5.08. The molecule has 17 heavy (non-hydrogen) atoms. The molecule has 0 N–H and O–H groups in total. The number of halogens is 1. The Morgan fingerprint density at radius 2 is 2.29 bits per heavy atom. The first-order valence-corrected chi connectivity index (χ1v) is 5.45. The number of nitrogens with zero attached hydrogens (tertiary/aromatic N) is 3. The number of carbonyl (C=O) groups excluding carboxylic acids is 1. The van der Waals surface area contributed by atoms with Crippen molar-refractivity contribution in [2.75, 3.05) is 7.05 Å². The molecule has 1 amide bonds. The number of nitro groups is 1. The van der Waals surface area contributed by atoms with E-state index in [1.165, 1.54) is 11.0 Å². The van der Waals surface area contributed by atoms with Crippen LogP contribution in [0.25, 0.3) is 0 Å². The van der Waals surface area contributed by atoms with Gasteiger partial charge in [0.15, 0.2) is 0 Å². The fourth-order valence-corrected chi connectivity index (χ4v) is 1.72. The third kappa shape index (κ3) is 2.36. The minimum atomic E-state index is -0.628. The van der Waals surface area contributed by atoms with Crippen LogP contribution in [-0.4, -0.2) is 33.8 Å². The van der Waals surface area contributed by atoms with Crippen molar-refractivity contribution in [1.82, 2.24) is 9.88 Å². The van der Waals surface area contributed by atoms with Crippen LogP contribution in [0, 0.1) is 10.1 Å². The molecule has 1 aromatic rings. The summed E-state index contributed by atoms with van der Waals surface area (Å²) in [5.41, 5.74) is -0.323. The van der Waals surface area contributed by atoms with Crippen molar-refractivity contribution in [3.63, 3.8) is 0 Å². The zero-order valence-corrected chi connectivity index (χ0v) is 9.85. The zero-order chi connectivity index (χ0) is 12.6. The topological polar surface area (TPSA) is 76.3 Å². The van der Waals surface area contributed by atoms with Gasteiger partial charge in [-0.3, -0.25) is 14.9 Å². The highest BCUT2D eigenvalue weighted by Crippen LogP contribution is 2.29. The normalized spacial score (nSPS) is 14.5. The molecule has 1 fully saturated rings. The minimum Gasteiger partial charge on any atom is -0.339 e. The van der Waals surface area contributed by atoms with Crippen molar-refractivity contribution >= 4 is 23.2 Å². The molecule has 1 aliphatic rings. The van der Waals surface area contributed by atoms with Crippen LogP contribution in [0.4, 0.5) is 5.69 Å². The molecule has 1 heterocycles. The van der Waals surface area contributed by atoms with Crippen LogP contribution in [0.2, 0.25) is 5.15 Å². The lowest BCUT2D eigenvalue weighted by Crippen LogP contribution is -2.29. The molecule has 0 saturated heterocycles. The lowest BCUT2D eigenvalue weighted by molar-refractivity contribution is -0.385. The molecule has 90 valence electrons. The highest BCUT2D eigenvalue weighted by molar-refractivity contribution is 6.29. The molecule has 0 spiro atoms.